The van der Waals surface area contributed by atoms with Gasteiger partial charge in [0.25, 0.3) is 0 Å². The van der Waals surface area contributed by atoms with Gasteiger partial charge < -0.3 is 10.4 Å². The molecule has 0 spiro atoms. The normalized spacial score (nSPS) is 10.6. The summed E-state index contributed by atoms with van der Waals surface area (Å²) in [5, 5.41) is 12.9. The molecule has 84 valence electrons. The molecule has 0 saturated heterocycles. The molecule has 4 nitrogen and oxygen atoms in total. The van der Waals surface area contributed by atoms with Gasteiger partial charge in [-0.2, -0.15) is 0 Å². The molecule has 16 heavy (non-hydrogen) atoms. The Kier molecular flexibility index (Phi) is 3.69. The maximum Gasteiger partial charge on any atom is 0.137 e. The highest BCUT2D eigenvalue weighted by atomic mass is 79.9. The lowest BCUT2D eigenvalue weighted by molar-refractivity contribution is 0.292. The van der Waals surface area contributed by atoms with Crippen LogP contribution >= 0.6 is 15.9 Å². The largest absolute Gasteiger partial charge is 0.396 e. The third kappa shape index (κ3) is 2.31. The summed E-state index contributed by atoms with van der Waals surface area (Å²) in [4.78, 5) is 8.42. The summed E-state index contributed by atoms with van der Waals surface area (Å²) in [5.74, 6) is 0.805. The molecule has 0 bridgehead atoms. The van der Waals surface area contributed by atoms with Crippen molar-refractivity contribution in [2.45, 2.75) is 6.42 Å². The Morgan fingerprint density at radius 2 is 2.19 bits per heavy atom. The number of fused-ring (bicyclic) bond motifs is 1. The molecule has 0 amide bonds. The van der Waals surface area contributed by atoms with Gasteiger partial charge in [0.15, 0.2) is 0 Å². The highest BCUT2D eigenvalue weighted by Crippen LogP contribution is 2.25. The van der Waals surface area contributed by atoms with Crippen molar-refractivity contribution in [1.82, 2.24) is 9.97 Å². The number of anilines is 1. The van der Waals surface area contributed by atoms with Gasteiger partial charge in [0, 0.05) is 23.0 Å². The van der Waals surface area contributed by atoms with E-state index in [1.165, 1.54) is 6.33 Å². The summed E-state index contributed by atoms with van der Waals surface area (Å²) in [6.07, 6.45) is 2.24. The molecule has 0 fully saturated rings. The Labute approximate surface area is 102 Å². The number of hydrogen-bond acceptors (Lipinski definition) is 4. The second-order valence-corrected chi connectivity index (χ2v) is 4.22. The van der Waals surface area contributed by atoms with Crippen LogP contribution in [-0.4, -0.2) is 28.2 Å². The molecule has 0 saturated carbocycles. The third-order valence-electron chi connectivity index (χ3n) is 2.24. The predicted molar refractivity (Wildman–Crippen MR) is 67.4 cm³/mol. The van der Waals surface area contributed by atoms with E-state index in [-0.39, 0.29) is 6.61 Å². The van der Waals surface area contributed by atoms with Gasteiger partial charge in [0.05, 0.1) is 5.52 Å². The van der Waals surface area contributed by atoms with Crippen molar-refractivity contribution in [3.05, 3.63) is 29.0 Å². The zero-order chi connectivity index (χ0) is 11.4. The number of aliphatic hydroxyl groups is 1. The second-order valence-electron chi connectivity index (χ2n) is 3.36. The molecule has 0 radical (unpaired) electrons. The van der Waals surface area contributed by atoms with Crippen molar-refractivity contribution >= 4 is 32.7 Å². The van der Waals surface area contributed by atoms with Gasteiger partial charge in [-0.3, -0.25) is 0 Å². The number of para-hydroxylation sites is 1. The number of nitrogens with zero attached hydrogens (tertiary/aromatic N) is 2. The number of rotatable bonds is 4. The number of aromatic nitrogens is 2. The minimum Gasteiger partial charge on any atom is -0.396 e. The Bertz CT molecular complexity index is 490. The summed E-state index contributed by atoms with van der Waals surface area (Å²) in [6, 6.07) is 5.88. The van der Waals surface area contributed by atoms with Crippen LogP contribution in [0.5, 0.6) is 0 Å². The molecule has 2 N–H and O–H groups in total. The first kappa shape index (κ1) is 11.3. The second kappa shape index (κ2) is 5.23. The smallest absolute Gasteiger partial charge is 0.137 e. The first-order chi connectivity index (χ1) is 7.83. The molecule has 0 aliphatic rings. The van der Waals surface area contributed by atoms with Crippen LogP contribution in [0.4, 0.5) is 5.82 Å². The fraction of sp³-hybridized carbons (Fsp3) is 0.273. The SMILES string of the molecule is OCCCNc1ncnc2c(Br)cccc12. The number of nitrogens with one attached hydrogen (secondary N) is 1. The predicted octanol–water partition coefficient (Wildman–Crippen LogP) is 2.19. The quantitative estimate of drug-likeness (QED) is 0.844. The number of aliphatic hydroxyl groups excluding tert-OH is 1. The molecular weight excluding hydrogens is 270 g/mol. The first-order valence-corrected chi connectivity index (χ1v) is 5.86. The first-order valence-electron chi connectivity index (χ1n) is 5.07. The number of halogens is 1. The van der Waals surface area contributed by atoms with Crippen molar-refractivity contribution in [3.8, 4) is 0 Å². The summed E-state index contributed by atoms with van der Waals surface area (Å²) < 4.78 is 0.956. The minimum absolute atomic E-state index is 0.180. The van der Waals surface area contributed by atoms with Crippen molar-refractivity contribution < 1.29 is 5.11 Å². The van der Waals surface area contributed by atoms with Gasteiger partial charge in [-0.1, -0.05) is 6.07 Å². The molecule has 0 aliphatic carbocycles. The van der Waals surface area contributed by atoms with E-state index in [1.807, 2.05) is 18.2 Å². The van der Waals surface area contributed by atoms with Crippen molar-refractivity contribution in [3.63, 3.8) is 0 Å². The van der Waals surface area contributed by atoms with Crippen molar-refractivity contribution in [1.29, 1.82) is 0 Å². The van der Waals surface area contributed by atoms with Crippen LogP contribution < -0.4 is 5.32 Å². The molecule has 1 aromatic carbocycles. The lowest BCUT2D eigenvalue weighted by Crippen LogP contribution is -2.05. The van der Waals surface area contributed by atoms with Gasteiger partial charge >= 0.3 is 0 Å². The van der Waals surface area contributed by atoms with E-state index >= 15 is 0 Å². The molecule has 2 aromatic rings. The molecule has 1 heterocycles. The van der Waals surface area contributed by atoms with E-state index in [4.69, 9.17) is 5.11 Å². The van der Waals surface area contributed by atoms with Crippen LogP contribution in [0.1, 0.15) is 6.42 Å². The molecule has 0 atom stereocenters. The molecule has 1 aromatic heterocycles. The van der Waals surface area contributed by atoms with E-state index in [2.05, 4.69) is 31.2 Å². The maximum atomic E-state index is 8.72. The Balaban J connectivity index is 2.34. The molecule has 0 unspecified atom stereocenters. The third-order valence-corrected chi connectivity index (χ3v) is 2.88. The Hall–Kier alpha value is -1.20. The maximum absolute atomic E-state index is 8.72. The molecular formula is C11H12BrN3O. The van der Waals surface area contributed by atoms with Gasteiger partial charge in [-0.25, -0.2) is 9.97 Å². The molecule has 2 rings (SSSR count). The van der Waals surface area contributed by atoms with Crippen molar-refractivity contribution in [2.75, 3.05) is 18.5 Å². The van der Waals surface area contributed by atoms with Crippen LogP contribution in [-0.2, 0) is 0 Å². The van der Waals surface area contributed by atoms with Gasteiger partial charge in [0.1, 0.15) is 12.1 Å². The highest BCUT2D eigenvalue weighted by molar-refractivity contribution is 9.10. The fourth-order valence-electron chi connectivity index (χ4n) is 1.48. The van der Waals surface area contributed by atoms with E-state index in [0.29, 0.717) is 13.0 Å². The average Bonchev–Trinajstić information content (AvgIpc) is 2.31. The standard InChI is InChI=1S/C11H12BrN3O/c12-9-4-1-3-8-10(9)14-7-15-11(8)13-5-2-6-16/h1,3-4,7,16H,2,5-6H2,(H,13,14,15). The van der Waals surface area contributed by atoms with Gasteiger partial charge in [0.2, 0.25) is 0 Å². The summed E-state index contributed by atoms with van der Waals surface area (Å²) in [6.45, 7) is 0.884. The zero-order valence-corrected chi connectivity index (χ0v) is 10.2. The fourth-order valence-corrected chi connectivity index (χ4v) is 1.95. The lowest BCUT2D eigenvalue weighted by atomic mass is 10.2. The van der Waals surface area contributed by atoms with Crippen LogP contribution in [0.3, 0.4) is 0 Å². The van der Waals surface area contributed by atoms with E-state index in [0.717, 1.165) is 21.2 Å². The Morgan fingerprint density at radius 3 is 3.00 bits per heavy atom. The van der Waals surface area contributed by atoms with E-state index < -0.39 is 0 Å². The van der Waals surface area contributed by atoms with E-state index in [9.17, 15) is 0 Å². The topological polar surface area (TPSA) is 58.0 Å². The summed E-state index contributed by atoms with van der Waals surface area (Å²) in [7, 11) is 0. The summed E-state index contributed by atoms with van der Waals surface area (Å²) in [5.41, 5.74) is 0.893. The Morgan fingerprint density at radius 1 is 1.31 bits per heavy atom. The lowest BCUT2D eigenvalue weighted by Gasteiger charge is -2.07. The highest BCUT2D eigenvalue weighted by Gasteiger charge is 2.04. The molecule has 5 heteroatoms. The summed E-state index contributed by atoms with van der Waals surface area (Å²) >= 11 is 3.45. The van der Waals surface area contributed by atoms with Crippen LogP contribution in [0, 0.1) is 0 Å². The average molecular weight is 282 g/mol. The van der Waals surface area contributed by atoms with Crippen molar-refractivity contribution in [2.24, 2.45) is 0 Å². The number of hydrogen-bond donors (Lipinski definition) is 2. The van der Waals surface area contributed by atoms with E-state index in [1.54, 1.807) is 0 Å². The monoisotopic (exact) mass is 281 g/mol. The zero-order valence-electron chi connectivity index (χ0n) is 8.65. The van der Waals surface area contributed by atoms with Gasteiger partial charge in [-0.15, -0.1) is 0 Å². The molecule has 0 aliphatic heterocycles. The number of benzene rings is 1. The van der Waals surface area contributed by atoms with Crippen LogP contribution in [0.25, 0.3) is 10.9 Å². The van der Waals surface area contributed by atoms with Crippen LogP contribution in [0.15, 0.2) is 29.0 Å². The minimum atomic E-state index is 0.180. The van der Waals surface area contributed by atoms with Crippen LogP contribution in [0.2, 0.25) is 0 Å². The van der Waals surface area contributed by atoms with Gasteiger partial charge in [-0.05, 0) is 34.5 Å².